The number of fused-ring (bicyclic) bond motifs is 2. The van der Waals surface area contributed by atoms with Crippen LogP contribution in [0.1, 0.15) is 39.0 Å². The molecule has 0 saturated carbocycles. The zero-order chi connectivity index (χ0) is 13.9. The Balaban J connectivity index is 1.58. The highest BCUT2D eigenvalue weighted by Crippen LogP contribution is 2.34. The third-order valence-corrected chi connectivity index (χ3v) is 5.38. The van der Waals surface area contributed by atoms with Crippen LogP contribution in [0.5, 0.6) is 0 Å². The van der Waals surface area contributed by atoms with Crippen molar-refractivity contribution in [1.82, 2.24) is 15.1 Å². The molecule has 2 bridgehead atoms. The lowest BCUT2D eigenvalue weighted by atomic mass is 9.81. The van der Waals surface area contributed by atoms with Gasteiger partial charge in [-0.15, -0.1) is 0 Å². The molecule has 0 spiro atoms. The number of rotatable bonds is 4. The molecule has 0 aromatic carbocycles. The molecule has 1 N–H and O–H groups in total. The van der Waals surface area contributed by atoms with Crippen molar-refractivity contribution in [3.8, 4) is 0 Å². The number of nitrogens with zero attached hydrogens (tertiary/aromatic N) is 2. The smallest absolute Gasteiger partial charge is 0.0829 e. The second kappa shape index (κ2) is 6.73. The summed E-state index contributed by atoms with van der Waals surface area (Å²) in [5.74, 6) is 0. The summed E-state index contributed by atoms with van der Waals surface area (Å²) in [7, 11) is 2.22. The fraction of sp³-hybridized carbons (Fsp3) is 1.00. The first-order chi connectivity index (χ1) is 9.76. The second-order valence-electron chi connectivity index (χ2n) is 6.92. The van der Waals surface area contributed by atoms with E-state index in [0.717, 1.165) is 50.9 Å². The molecular weight excluding hydrogens is 250 g/mol. The van der Waals surface area contributed by atoms with Crippen molar-refractivity contribution < 1.29 is 4.74 Å². The lowest BCUT2D eigenvalue weighted by molar-refractivity contribution is -0.0680. The maximum absolute atomic E-state index is 5.99. The normalized spacial score (nSPS) is 39.9. The van der Waals surface area contributed by atoms with Gasteiger partial charge in [-0.05, 0) is 39.3 Å². The Bertz CT molecular complexity index is 298. The molecule has 4 nitrogen and oxygen atoms in total. The summed E-state index contributed by atoms with van der Waals surface area (Å²) in [5.41, 5.74) is 0. The highest BCUT2D eigenvalue weighted by molar-refractivity contribution is 4.96. The van der Waals surface area contributed by atoms with Crippen LogP contribution in [0.25, 0.3) is 0 Å². The Morgan fingerprint density at radius 3 is 2.60 bits per heavy atom. The van der Waals surface area contributed by atoms with Gasteiger partial charge in [-0.3, -0.25) is 4.90 Å². The van der Waals surface area contributed by atoms with Gasteiger partial charge in [-0.1, -0.05) is 13.3 Å². The predicted octanol–water partition coefficient (Wildman–Crippen LogP) is 1.31. The van der Waals surface area contributed by atoms with Crippen molar-refractivity contribution in [2.24, 2.45) is 0 Å². The number of hydrogen-bond acceptors (Lipinski definition) is 4. The number of likely N-dealkylation sites (N-methyl/N-ethyl adjacent to an activating group) is 1. The average molecular weight is 281 g/mol. The van der Waals surface area contributed by atoms with Gasteiger partial charge >= 0.3 is 0 Å². The Kier molecular flexibility index (Phi) is 4.97. The lowest BCUT2D eigenvalue weighted by Crippen LogP contribution is -2.59. The number of piperidine rings is 2. The standard InChI is InChI=1S/C16H31N3O/c1-3-17-13-9-14-5-4-6-15(10-13)19(14)12-16-11-18(2)7-8-20-16/h13-17H,3-12H2,1-2H3. The van der Waals surface area contributed by atoms with Crippen LogP contribution in [0.4, 0.5) is 0 Å². The van der Waals surface area contributed by atoms with E-state index in [1.54, 1.807) is 0 Å². The third kappa shape index (κ3) is 3.35. The molecule has 0 radical (unpaired) electrons. The van der Waals surface area contributed by atoms with Crippen molar-refractivity contribution >= 4 is 0 Å². The van der Waals surface area contributed by atoms with Gasteiger partial charge in [0.05, 0.1) is 12.7 Å². The molecule has 3 heterocycles. The maximum atomic E-state index is 5.99. The van der Waals surface area contributed by atoms with E-state index in [4.69, 9.17) is 4.74 Å². The fourth-order valence-electron chi connectivity index (χ4n) is 4.44. The van der Waals surface area contributed by atoms with Crippen molar-refractivity contribution in [3.05, 3.63) is 0 Å². The molecule has 4 heteroatoms. The highest BCUT2D eigenvalue weighted by atomic mass is 16.5. The van der Waals surface area contributed by atoms with Crippen molar-refractivity contribution in [2.45, 2.75) is 63.3 Å². The van der Waals surface area contributed by atoms with Gasteiger partial charge in [0.25, 0.3) is 0 Å². The Morgan fingerprint density at radius 2 is 1.95 bits per heavy atom. The summed E-state index contributed by atoms with van der Waals surface area (Å²) >= 11 is 0. The molecule has 3 rings (SSSR count). The summed E-state index contributed by atoms with van der Waals surface area (Å²) in [4.78, 5) is 5.20. The first-order valence-electron chi connectivity index (χ1n) is 8.55. The molecular formula is C16H31N3O. The van der Waals surface area contributed by atoms with Crippen LogP contribution in [0.15, 0.2) is 0 Å². The molecule has 3 saturated heterocycles. The van der Waals surface area contributed by atoms with Gasteiger partial charge in [0.2, 0.25) is 0 Å². The van der Waals surface area contributed by atoms with Crippen LogP contribution in [0.3, 0.4) is 0 Å². The molecule has 3 atom stereocenters. The highest BCUT2D eigenvalue weighted by Gasteiger charge is 2.39. The zero-order valence-electron chi connectivity index (χ0n) is 13.2. The van der Waals surface area contributed by atoms with Gasteiger partial charge in [-0.25, -0.2) is 0 Å². The van der Waals surface area contributed by atoms with E-state index in [0.29, 0.717) is 6.10 Å². The van der Waals surface area contributed by atoms with E-state index in [-0.39, 0.29) is 0 Å². The minimum atomic E-state index is 0.424. The van der Waals surface area contributed by atoms with Gasteiger partial charge in [-0.2, -0.15) is 0 Å². The van der Waals surface area contributed by atoms with E-state index in [1.807, 2.05) is 0 Å². The monoisotopic (exact) mass is 281 g/mol. The average Bonchev–Trinajstić information content (AvgIpc) is 2.40. The number of hydrogen-bond donors (Lipinski definition) is 1. The van der Waals surface area contributed by atoms with E-state index in [2.05, 4.69) is 29.1 Å². The summed E-state index contributed by atoms with van der Waals surface area (Å²) in [5, 5.41) is 3.68. The van der Waals surface area contributed by atoms with Crippen molar-refractivity contribution in [2.75, 3.05) is 39.8 Å². The molecule has 3 fully saturated rings. The Labute approximate surface area is 123 Å². The molecule has 0 aliphatic carbocycles. The van der Waals surface area contributed by atoms with Gasteiger partial charge < -0.3 is 15.0 Å². The molecule has 3 aliphatic rings. The van der Waals surface area contributed by atoms with Crippen LogP contribution >= 0.6 is 0 Å². The summed E-state index contributed by atoms with van der Waals surface area (Å²) in [6, 6.07) is 2.34. The van der Waals surface area contributed by atoms with E-state index in [1.165, 1.54) is 32.1 Å². The third-order valence-electron chi connectivity index (χ3n) is 5.38. The topological polar surface area (TPSA) is 27.7 Å². The van der Waals surface area contributed by atoms with E-state index >= 15 is 0 Å². The first-order valence-corrected chi connectivity index (χ1v) is 8.55. The SMILES string of the molecule is CCNC1CC2CCCC(C1)N2CC1CN(C)CCO1. The summed E-state index contributed by atoms with van der Waals surface area (Å²) in [6.45, 7) is 7.59. The van der Waals surface area contributed by atoms with Crippen LogP contribution in [-0.4, -0.2) is 73.9 Å². The van der Waals surface area contributed by atoms with Gasteiger partial charge in [0.15, 0.2) is 0 Å². The van der Waals surface area contributed by atoms with E-state index in [9.17, 15) is 0 Å². The van der Waals surface area contributed by atoms with Crippen LogP contribution < -0.4 is 5.32 Å². The quantitative estimate of drug-likeness (QED) is 0.841. The molecule has 0 aromatic heterocycles. The Morgan fingerprint density at radius 1 is 1.20 bits per heavy atom. The first kappa shape index (κ1) is 14.8. The van der Waals surface area contributed by atoms with E-state index < -0.39 is 0 Å². The predicted molar refractivity (Wildman–Crippen MR) is 82.1 cm³/mol. The number of morpholine rings is 1. The molecule has 20 heavy (non-hydrogen) atoms. The van der Waals surface area contributed by atoms with Crippen LogP contribution in [-0.2, 0) is 4.74 Å². The fourth-order valence-corrected chi connectivity index (χ4v) is 4.44. The maximum Gasteiger partial charge on any atom is 0.0829 e. The molecule has 0 amide bonds. The molecule has 3 unspecified atom stereocenters. The number of ether oxygens (including phenoxy) is 1. The molecule has 0 aromatic rings. The zero-order valence-corrected chi connectivity index (χ0v) is 13.2. The molecule has 3 aliphatic heterocycles. The molecule has 116 valence electrons. The van der Waals surface area contributed by atoms with Crippen molar-refractivity contribution in [3.63, 3.8) is 0 Å². The lowest BCUT2D eigenvalue weighted by Gasteiger charge is -2.50. The van der Waals surface area contributed by atoms with Gasteiger partial charge in [0, 0.05) is 37.8 Å². The van der Waals surface area contributed by atoms with Crippen LogP contribution in [0.2, 0.25) is 0 Å². The summed E-state index contributed by atoms with van der Waals surface area (Å²) in [6.07, 6.45) is 7.31. The minimum Gasteiger partial charge on any atom is -0.374 e. The number of nitrogens with one attached hydrogen (secondary N) is 1. The Hall–Kier alpha value is -0.160. The minimum absolute atomic E-state index is 0.424. The largest absolute Gasteiger partial charge is 0.374 e. The second-order valence-corrected chi connectivity index (χ2v) is 6.92. The summed E-state index contributed by atoms with van der Waals surface area (Å²) < 4.78 is 5.99. The van der Waals surface area contributed by atoms with Crippen molar-refractivity contribution in [1.29, 1.82) is 0 Å². The van der Waals surface area contributed by atoms with Crippen LogP contribution in [0, 0.1) is 0 Å². The van der Waals surface area contributed by atoms with Gasteiger partial charge in [0.1, 0.15) is 0 Å².